The van der Waals surface area contributed by atoms with Gasteiger partial charge in [0.2, 0.25) is 11.8 Å². The average molecular weight is 538 g/mol. The minimum absolute atomic E-state index is 0.0496. The highest BCUT2D eigenvalue weighted by Gasteiger charge is 2.33. The number of hydrogen-bond donors (Lipinski definition) is 1. The number of sulfonamides is 1. The Balaban J connectivity index is 2.07. The van der Waals surface area contributed by atoms with Crippen LogP contribution in [-0.4, -0.2) is 50.9 Å². The third-order valence-corrected chi connectivity index (χ3v) is 7.81. The highest BCUT2D eigenvalue weighted by atomic mass is 32.2. The number of para-hydroxylation sites is 2. The number of nitrogens with one attached hydrogen (secondary N) is 1. The molecule has 9 heteroatoms. The van der Waals surface area contributed by atoms with E-state index >= 15 is 0 Å². The van der Waals surface area contributed by atoms with Crippen LogP contribution in [0.1, 0.15) is 31.9 Å². The average Bonchev–Trinajstić information content (AvgIpc) is 2.91. The number of ether oxygens (including phenoxy) is 1. The van der Waals surface area contributed by atoms with E-state index in [0.717, 1.165) is 15.4 Å². The van der Waals surface area contributed by atoms with Crippen molar-refractivity contribution in [1.82, 2.24) is 10.2 Å². The number of carbonyl (C=O) groups is 2. The maximum atomic E-state index is 13.9. The molecule has 202 valence electrons. The summed E-state index contributed by atoms with van der Waals surface area (Å²) in [5.74, 6) is -0.501. The lowest BCUT2D eigenvalue weighted by molar-refractivity contribution is -0.139. The standard InChI is InChI=1S/C29H35N3O5S/c1-5-30-29(34)23(4)31(20-24-12-8-7-9-13-24)28(33)21-32(26-14-10-11-15-27(26)37-6-2)38(35,36)25-18-16-22(3)17-19-25/h7-19,23H,5-6,20-21H2,1-4H3,(H,30,34)/t23-/m1/s1. The van der Waals surface area contributed by atoms with Crippen LogP contribution in [-0.2, 0) is 26.2 Å². The van der Waals surface area contributed by atoms with Crippen molar-refractivity contribution in [2.45, 2.75) is 45.2 Å². The zero-order valence-corrected chi connectivity index (χ0v) is 23.1. The monoisotopic (exact) mass is 537 g/mol. The molecule has 0 radical (unpaired) electrons. The molecule has 0 saturated heterocycles. The fourth-order valence-electron chi connectivity index (χ4n) is 3.98. The SMILES string of the molecule is CCNC(=O)[C@@H](C)N(Cc1ccccc1)C(=O)CN(c1ccccc1OCC)S(=O)(=O)c1ccc(C)cc1. The van der Waals surface area contributed by atoms with Crippen LogP contribution in [0.15, 0.2) is 83.8 Å². The normalized spacial score (nSPS) is 11.9. The summed E-state index contributed by atoms with van der Waals surface area (Å²) >= 11 is 0. The van der Waals surface area contributed by atoms with Gasteiger partial charge in [0.1, 0.15) is 18.3 Å². The first kappa shape index (κ1) is 28.7. The molecule has 1 N–H and O–H groups in total. The van der Waals surface area contributed by atoms with Gasteiger partial charge in [-0.25, -0.2) is 8.42 Å². The van der Waals surface area contributed by atoms with Crippen LogP contribution in [0.5, 0.6) is 5.75 Å². The molecule has 2 amide bonds. The molecule has 3 rings (SSSR count). The van der Waals surface area contributed by atoms with Crippen molar-refractivity contribution in [1.29, 1.82) is 0 Å². The number of anilines is 1. The first-order valence-electron chi connectivity index (χ1n) is 12.6. The Bertz CT molecular complexity index is 1330. The number of rotatable bonds is 12. The minimum atomic E-state index is -4.16. The van der Waals surface area contributed by atoms with Gasteiger partial charge in [-0.05, 0) is 57.5 Å². The van der Waals surface area contributed by atoms with Crippen molar-refractivity contribution in [3.05, 3.63) is 90.0 Å². The van der Waals surface area contributed by atoms with E-state index in [0.29, 0.717) is 18.9 Å². The molecule has 0 bridgehead atoms. The van der Waals surface area contributed by atoms with Crippen LogP contribution in [0, 0.1) is 6.92 Å². The Kier molecular flexibility index (Phi) is 9.90. The van der Waals surface area contributed by atoms with Gasteiger partial charge in [-0.1, -0.05) is 60.2 Å². The van der Waals surface area contributed by atoms with Gasteiger partial charge in [-0.15, -0.1) is 0 Å². The highest BCUT2D eigenvalue weighted by Crippen LogP contribution is 2.33. The smallest absolute Gasteiger partial charge is 0.264 e. The highest BCUT2D eigenvalue weighted by molar-refractivity contribution is 7.92. The molecule has 8 nitrogen and oxygen atoms in total. The second-order valence-electron chi connectivity index (χ2n) is 8.80. The summed E-state index contributed by atoms with van der Waals surface area (Å²) in [6.45, 7) is 7.46. The van der Waals surface area contributed by atoms with E-state index in [1.807, 2.05) is 37.3 Å². The Labute approximate surface area is 225 Å². The fraction of sp³-hybridized carbons (Fsp3) is 0.310. The van der Waals surface area contributed by atoms with Gasteiger partial charge in [-0.3, -0.25) is 13.9 Å². The van der Waals surface area contributed by atoms with Crippen LogP contribution in [0.25, 0.3) is 0 Å². The molecular weight excluding hydrogens is 502 g/mol. The topological polar surface area (TPSA) is 96.0 Å². The predicted octanol–water partition coefficient (Wildman–Crippen LogP) is 4.14. The van der Waals surface area contributed by atoms with E-state index < -0.39 is 28.5 Å². The van der Waals surface area contributed by atoms with E-state index in [4.69, 9.17) is 4.74 Å². The predicted molar refractivity (Wildman–Crippen MR) is 148 cm³/mol. The van der Waals surface area contributed by atoms with Crippen molar-refractivity contribution in [2.24, 2.45) is 0 Å². The summed E-state index contributed by atoms with van der Waals surface area (Å²) in [7, 11) is -4.16. The summed E-state index contributed by atoms with van der Waals surface area (Å²) in [6.07, 6.45) is 0. The quantitative estimate of drug-likeness (QED) is 0.375. The summed E-state index contributed by atoms with van der Waals surface area (Å²) in [4.78, 5) is 28.1. The van der Waals surface area contributed by atoms with Gasteiger partial charge in [0.15, 0.2) is 0 Å². The van der Waals surface area contributed by atoms with Crippen LogP contribution >= 0.6 is 0 Å². The second kappa shape index (κ2) is 13.1. The minimum Gasteiger partial charge on any atom is -0.492 e. The zero-order chi connectivity index (χ0) is 27.7. The molecule has 0 fully saturated rings. The van der Waals surface area contributed by atoms with Gasteiger partial charge < -0.3 is 15.0 Å². The number of carbonyl (C=O) groups excluding carboxylic acids is 2. The molecule has 38 heavy (non-hydrogen) atoms. The van der Waals surface area contributed by atoms with Crippen molar-refractivity contribution < 1.29 is 22.7 Å². The first-order chi connectivity index (χ1) is 18.2. The summed E-state index contributed by atoms with van der Waals surface area (Å²) in [5, 5.41) is 2.75. The summed E-state index contributed by atoms with van der Waals surface area (Å²) in [6, 6.07) is 21.6. The van der Waals surface area contributed by atoms with E-state index in [9.17, 15) is 18.0 Å². The maximum Gasteiger partial charge on any atom is 0.264 e. The number of hydrogen-bond acceptors (Lipinski definition) is 5. The number of likely N-dealkylation sites (N-methyl/N-ethyl adjacent to an activating group) is 1. The van der Waals surface area contributed by atoms with E-state index in [-0.39, 0.29) is 23.0 Å². The number of nitrogens with zero attached hydrogens (tertiary/aromatic N) is 2. The summed E-state index contributed by atoms with van der Waals surface area (Å²) < 4.78 is 34.7. The van der Waals surface area contributed by atoms with Crippen molar-refractivity contribution >= 4 is 27.5 Å². The number of aryl methyl sites for hydroxylation is 1. The molecule has 0 aliphatic heterocycles. The Morgan fingerprint density at radius 2 is 1.55 bits per heavy atom. The fourth-order valence-corrected chi connectivity index (χ4v) is 5.40. The second-order valence-corrected chi connectivity index (χ2v) is 10.7. The molecule has 0 saturated carbocycles. The molecule has 3 aromatic rings. The maximum absolute atomic E-state index is 13.9. The van der Waals surface area contributed by atoms with Crippen molar-refractivity contribution in [3.63, 3.8) is 0 Å². The summed E-state index contributed by atoms with van der Waals surface area (Å²) in [5.41, 5.74) is 1.97. The molecule has 0 aliphatic carbocycles. The molecule has 1 atom stereocenters. The van der Waals surface area contributed by atoms with Crippen LogP contribution in [0.2, 0.25) is 0 Å². The molecule has 0 heterocycles. The van der Waals surface area contributed by atoms with Gasteiger partial charge in [0.05, 0.1) is 17.2 Å². The van der Waals surface area contributed by atoms with Crippen molar-refractivity contribution in [2.75, 3.05) is 24.0 Å². The zero-order valence-electron chi connectivity index (χ0n) is 22.3. The van der Waals surface area contributed by atoms with Gasteiger partial charge in [-0.2, -0.15) is 0 Å². The molecule has 3 aromatic carbocycles. The molecule has 0 spiro atoms. The van der Waals surface area contributed by atoms with Crippen LogP contribution < -0.4 is 14.4 Å². The van der Waals surface area contributed by atoms with E-state index in [1.54, 1.807) is 57.2 Å². The lowest BCUT2D eigenvalue weighted by atomic mass is 10.1. The molecule has 0 aromatic heterocycles. The molecular formula is C29H35N3O5S. The van der Waals surface area contributed by atoms with Gasteiger partial charge in [0.25, 0.3) is 10.0 Å². The third kappa shape index (κ3) is 6.92. The largest absolute Gasteiger partial charge is 0.492 e. The first-order valence-corrected chi connectivity index (χ1v) is 14.0. The van der Waals surface area contributed by atoms with Gasteiger partial charge in [0, 0.05) is 13.1 Å². The third-order valence-electron chi connectivity index (χ3n) is 6.04. The van der Waals surface area contributed by atoms with Gasteiger partial charge >= 0.3 is 0 Å². The Morgan fingerprint density at radius 3 is 2.18 bits per heavy atom. The Hall–Kier alpha value is -3.85. The van der Waals surface area contributed by atoms with Crippen LogP contribution in [0.4, 0.5) is 5.69 Å². The van der Waals surface area contributed by atoms with E-state index in [1.165, 1.54) is 17.0 Å². The van der Waals surface area contributed by atoms with Crippen molar-refractivity contribution in [3.8, 4) is 5.75 Å². The van der Waals surface area contributed by atoms with E-state index in [2.05, 4.69) is 5.32 Å². The molecule has 0 aliphatic rings. The number of benzene rings is 3. The Morgan fingerprint density at radius 1 is 0.921 bits per heavy atom. The lowest BCUT2D eigenvalue weighted by Gasteiger charge is -2.32. The molecule has 0 unspecified atom stereocenters. The number of amides is 2. The lowest BCUT2D eigenvalue weighted by Crippen LogP contribution is -2.51. The van der Waals surface area contributed by atoms with Crippen LogP contribution in [0.3, 0.4) is 0 Å².